The summed E-state index contributed by atoms with van der Waals surface area (Å²) in [6.45, 7) is 16.9. The fourth-order valence-corrected chi connectivity index (χ4v) is 7.42. The first kappa shape index (κ1) is 18.5. The van der Waals surface area contributed by atoms with E-state index >= 15 is 0 Å². The fourth-order valence-electron chi connectivity index (χ4n) is 5.96. The highest BCUT2D eigenvalue weighted by molar-refractivity contribution is 8.00. The van der Waals surface area contributed by atoms with Crippen LogP contribution in [0.5, 0.6) is 0 Å². The minimum absolute atomic E-state index is 0.0644. The van der Waals surface area contributed by atoms with Gasteiger partial charge in [0, 0.05) is 35.0 Å². The van der Waals surface area contributed by atoms with Crippen molar-refractivity contribution in [3.05, 3.63) is 47.2 Å². The number of benzene rings is 2. The van der Waals surface area contributed by atoms with Crippen LogP contribution in [0.4, 0.5) is 0 Å². The first-order chi connectivity index (χ1) is 13.2. The van der Waals surface area contributed by atoms with Crippen molar-refractivity contribution < 1.29 is 4.57 Å². The number of aromatic nitrogens is 1. The quantitative estimate of drug-likeness (QED) is 0.344. The molecule has 2 unspecified atom stereocenters. The molecule has 0 fully saturated rings. The molecule has 146 valence electrons. The summed E-state index contributed by atoms with van der Waals surface area (Å²) in [4.78, 5) is 1.52. The lowest BCUT2D eigenvalue weighted by Gasteiger charge is -2.45. The van der Waals surface area contributed by atoms with E-state index in [0.29, 0.717) is 0 Å². The van der Waals surface area contributed by atoms with Crippen LogP contribution in [0.15, 0.2) is 35.4 Å². The van der Waals surface area contributed by atoms with Crippen molar-refractivity contribution >= 4 is 33.4 Å². The Hall–Kier alpha value is -1.54. The second-order valence-corrected chi connectivity index (χ2v) is 11.0. The van der Waals surface area contributed by atoms with E-state index in [1.165, 1.54) is 37.9 Å². The van der Waals surface area contributed by atoms with Crippen LogP contribution in [-0.2, 0) is 16.4 Å². The van der Waals surface area contributed by atoms with Crippen LogP contribution in [0.1, 0.15) is 71.1 Å². The van der Waals surface area contributed by atoms with Gasteiger partial charge >= 0.3 is 0 Å². The maximum Gasteiger partial charge on any atom is 0.222 e. The molecule has 0 saturated carbocycles. The van der Waals surface area contributed by atoms with Gasteiger partial charge in [-0.3, -0.25) is 0 Å². The van der Waals surface area contributed by atoms with E-state index in [1.54, 1.807) is 11.1 Å². The lowest BCUT2D eigenvalue weighted by Crippen LogP contribution is -2.66. The van der Waals surface area contributed by atoms with Gasteiger partial charge in [0.25, 0.3) is 0 Å². The Kier molecular flexibility index (Phi) is 3.65. The lowest BCUT2D eigenvalue weighted by molar-refractivity contribution is -0.751. The van der Waals surface area contributed by atoms with Gasteiger partial charge in [0.05, 0.1) is 16.2 Å². The predicted molar refractivity (Wildman–Crippen MR) is 122 cm³/mol. The van der Waals surface area contributed by atoms with Crippen LogP contribution in [0.3, 0.4) is 0 Å². The zero-order chi connectivity index (χ0) is 20.1. The Bertz CT molecular complexity index is 1160. The molecule has 1 nitrogen and oxygen atoms in total. The number of thioether (sulfide) groups is 1. The van der Waals surface area contributed by atoms with Gasteiger partial charge in [-0.25, -0.2) is 0 Å². The van der Waals surface area contributed by atoms with Crippen molar-refractivity contribution in [2.75, 3.05) is 5.75 Å². The number of nitrogens with zero attached hydrogens (tertiary/aromatic N) is 1. The Balaban J connectivity index is 2.11. The summed E-state index contributed by atoms with van der Waals surface area (Å²) >= 11 is 2.06. The van der Waals surface area contributed by atoms with Gasteiger partial charge in [0.1, 0.15) is 0 Å². The molecule has 0 aliphatic carbocycles. The molecular weight excluding hydrogens is 358 g/mol. The third-order valence-electron chi connectivity index (χ3n) is 8.35. The molecule has 0 bridgehead atoms. The van der Waals surface area contributed by atoms with Gasteiger partial charge in [-0.2, -0.15) is 4.57 Å². The van der Waals surface area contributed by atoms with E-state index in [4.69, 9.17) is 0 Å². The van der Waals surface area contributed by atoms with Crippen LogP contribution < -0.4 is 4.57 Å². The Labute approximate surface area is 173 Å². The monoisotopic (exact) mass is 390 g/mol. The molecule has 0 saturated heterocycles. The van der Waals surface area contributed by atoms with Crippen molar-refractivity contribution in [2.24, 2.45) is 0 Å². The third-order valence-corrected chi connectivity index (χ3v) is 9.94. The smallest absolute Gasteiger partial charge is 0.191 e. The summed E-state index contributed by atoms with van der Waals surface area (Å²) in [5.74, 6) is 1.17. The second-order valence-electron chi connectivity index (χ2n) is 10.0. The SMILES string of the molecule is CCC1(C)c2cccc3c(C)cc4c5c(c[n+](c4c23)C1(C)CC)C(C)(C)CS5. The number of aryl methyl sites for hydroxylation is 1. The van der Waals surface area contributed by atoms with Crippen molar-refractivity contribution in [1.82, 2.24) is 0 Å². The van der Waals surface area contributed by atoms with Gasteiger partial charge in [0.2, 0.25) is 5.52 Å². The van der Waals surface area contributed by atoms with Crippen LogP contribution in [0, 0.1) is 6.92 Å². The molecule has 2 atom stereocenters. The zero-order valence-electron chi connectivity index (χ0n) is 18.4. The van der Waals surface area contributed by atoms with Gasteiger partial charge in [-0.1, -0.05) is 45.9 Å². The largest absolute Gasteiger partial charge is 0.222 e. The summed E-state index contributed by atoms with van der Waals surface area (Å²) < 4.78 is 2.70. The Morgan fingerprint density at radius 1 is 1.00 bits per heavy atom. The summed E-state index contributed by atoms with van der Waals surface area (Å²) in [5, 5.41) is 4.41. The normalized spacial score (nSPS) is 27.7. The zero-order valence-corrected chi connectivity index (χ0v) is 19.2. The van der Waals surface area contributed by atoms with E-state index in [9.17, 15) is 0 Å². The first-order valence-corrected chi connectivity index (χ1v) is 11.8. The van der Waals surface area contributed by atoms with Crippen molar-refractivity contribution in [3.63, 3.8) is 0 Å². The summed E-state index contributed by atoms with van der Waals surface area (Å²) in [7, 11) is 0. The second kappa shape index (κ2) is 5.53. The molecule has 0 amide bonds. The molecule has 5 rings (SSSR count). The van der Waals surface area contributed by atoms with Crippen LogP contribution in [-0.4, -0.2) is 5.75 Å². The molecule has 0 radical (unpaired) electrons. The van der Waals surface area contributed by atoms with Crippen LogP contribution >= 0.6 is 11.8 Å². The molecule has 0 N–H and O–H groups in total. The number of fused-ring (bicyclic) bond motifs is 2. The molecule has 3 heterocycles. The highest BCUT2D eigenvalue weighted by Crippen LogP contribution is 2.53. The molecule has 3 aromatic rings. The average molecular weight is 391 g/mol. The molecular formula is C26H32NS+. The molecule has 2 aromatic carbocycles. The maximum absolute atomic E-state index is 2.70. The molecule has 0 spiro atoms. The highest BCUT2D eigenvalue weighted by Gasteiger charge is 2.56. The topological polar surface area (TPSA) is 3.88 Å². The van der Waals surface area contributed by atoms with E-state index in [-0.39, 0.29) is 16.4 Å². The van der Waals surface area contributed by atoms with Crippen molar-refractivity contribution in [1.29, 1.82) is 0 Å². The van der Waals surface area contributed by atoms with E-state index in [0.717, 1.165) is 12.8 Å². The standard InChI is InChI=1S/C26H32NS/c1-8-25(6)19-12-10-11-17-16(3)13-18-22(21(17)19)27(26(25,7)9-2)14-20-23(18)28-15-24(20,4)5/h10-14H,8-9,15H2,1-7H3/q+1. The fraction of sp³-hybridized carbons (Fsp3) is 0.500. The molecule has 28 heavy (non-hydrogen) atoms. The number of pyridine rings is 1. The van der Waals surface area contributed by atoms with Crippen molar-refractivity contribution in [3.8, 4) is 0 Å². The van der Waals surface area contributed by atoms with Gasteiger partial charge in [0.15, 0.2) is 11.7 Å². The van der Waals surface area contributed by atoms with Gasteiger partial charge in [-0.15, -0.1) is 11.8 Å². The van der Waals surface area contributed by atoms with E-state index in [1.807, 2.05) is 0 Å². The average Bonchev–Trinajstić information content (AvgIpc) is 3.00. The van der Waals surface area contributed by atoms with E-state index < -0.39 is 0 Å². The predicted octanol–water partition coefficient (Wildman–Crippen LogP) is 6.78. The molecule has 1 aromatic heterocycles. The molecule has 2 aliphatic heterocycles. The summed E-state index contributed by atoms with van der Waals surface area (Å²) in [6.07, 6.45) is 4.82. The lowest BCUT2D eigenvalue weighted by atomic mass is 9.61. The minimum atomic E-state index is 0.0644. The van der Waals surface area contributed by atoms with Crippen LogP contribution in [0.25, 0.3) is 21.7 Å². The summed E-state index contributed by atoms with van der Waals surface area (Å²) in [5.41, 5.74) is 6.38. The molecule has 2 aliphatic rings. The first-order valence-electron chi connectivity index (χ1n) is 10.8. The Morgan fingerprint density at radius 3 is 2.43 bits per heavy atom. The minimum Gasteiger partial charge on any atom is -0.191 e. The number of hydrogen-bond acceptors (Lipinski definition) is 1. The maximum atomic E-state index is 2.70. The van der Waals surface area contributed by atoms with Crippen LogP contribution in [0.2, 0.25) is 0 Å². The summed E-state index contributed by atoms with van der Waals surface area (Å²) in [6, 6.07) is 9.48. The highest BCUT2D eigenvalue weighted by atomic mass is 32.2. The van der Waals surface area contributed by atoms with Crippen molar-refractivity contribution in [2.45, 2.75) is 82.6 Å². The van der Waals surface area contributed by atoms with Gasteiger partial charge < -0.3 is 0 Å². The Morgan fingerprint density at radius 2 is 1.75 bits per heavy atom. The third kappa shape index (κ3) is 1.93. The number of hydrogen-bond donors (Lipinski definition) is 0. The molecule has 2 heteroatoms. The van der Waals surface area contributed by atoms with E-state index in [2.05, 4.69) is 95.3 Å². The van der Waals surface area contributed by atoms with Gasteiger partial charge in [-0.05, 0) is 42.8 Å². The number of rotatable bonds is 2.